The van der Waals surface area contributed by atoms with Crippen LogP contribution < -0.4 is 8.61 Å². The number of sulfonamides is 2. The van der Waals surface area contributed by atoms with Crippen molar-refractivity contribution in [2.45, 2.75) is 50.5 Å². The van der Waals surface area contributed by atoms with Crippen molar-refractivity contribution in [3.63, 3.8) is 0 Å². The van der Waals surface area contributed by atoms with E-state index in [-0.39, 0.29) is 16.3 Å². The highest BCUT2D eigenvalue weighted by molar-refractivity contribution is 7.93. The number of hydrogen-bond donors (Lipinski definition) is 0. The first-order valence-electron chi connectivity index (χ1n) is 11.3. The molecule has 4 rings (SSSR count). The molecule has 0 aliphatic carbocycles. The maximum absolute atomic E-state index is 14.0. The zero-order valence-corrected chi connectivity index (χ0v) is 22.2. The van der Waals surface area contributed by atoms with Gasteiger partial charge in [-0.1, -0.05) is 47.5 Å². The third-order valence-electron chi connectivity index (χ3n) is 6.47. The Bertz CT molecular complexity index is 1510. The fraction of sp³-hybridized carbons (Fsp3) is 0.259. The van der Waals surface area contributed by atoms with Crippen LogP contribution in [0.25, 0.3) is 0 Å². The molecule has 1 aliphatic heterocycles. The van der Waals surface area contributed by atoms with Crippen LogP contribution in [-0.4, -0.2) is 29.4 Å². The van der Waals surface area contributed by atoms with Crippen molar-refractivity contribution in [1.82, 2.24) is 0 Å². The Morgan fingerprint density at radius 2 is 1.17 bits per heavy atom. The Morgan fingerprint density at radius 3 is 1.63 bits per heavy atom. The zero-order chi connectivity index (χ0) is 25.7. The van der Waals surface area contributed by atoms with Crippen LogP contribution in [0.15, 0.2) is 82.6 Å². The molecular weight excluding hydrogens is 480 g/mol. The number of rotatable bonds is 5. The first-order valence-corrected chi connectivity index (χ1v) is 14.2. The monoisotopic (exact) mass is 510 g/mol. The van der Waals surface area contributed by atoms with Crippen molar-refractivity contribution in [3.05, 3.63) is 95.1 Å². The van der Waals surface area contributed by atoms with E-state index in [1.165, 1.54) is 8.61 Å². The van der Waals surface area contributed by atoms with Crippen molar-refractivity contribution in [2.24, 2.45) is 0 Å². The molecule has 0 spiro atoms. The molecule has 8 heteroatoms. The Labute approximate surface area is 208 Å². The summed E-state index contributed by atoms with van der Waals surface area (Å²) in [6.45, 7) is 13.2. The van der Waals surface area contributed by atoms with E-state index in [2.05, 4.69) is 6.58 Å². The maximum Gasteiger partial charge on any atom is 0.265 e. The van der Waals surface area contributed by atoms with Gasteiger partial charge in [-0.05, 0) is 82.1 Å². The normalized spacial score (nSPS) is 16.2. The smallest absolute Gasteiger partial charge is 0.262 e. The van der Waals surface area contributed by atoms with Gasteiger partial charge in [0, 0.05) is 0 Å². The Kier molecular flexibility index (Phi) is 6.32. The van der Waals surface area contributed by atoms with Crippen molar-refractivity contribution in [3.8, 4) is 0 Å². The van der Waals surface area contributed by atoms with Gasteiger partial charge in [0.2, 0.25) is 0 Å². The highest BCUT2D eigenvalue weighted by Crippen LogP contribution is 2.44. The minimum atomic E-state index is -4.00. The summed E-state index contributed by atoms with van der Waals surface area (Å²) in [6.07, 6.45) is 0. The number of benzene rings is 3. The largest absolute Gasteiger partial charge is 0.265 e. The van der Waals surface area contributed by atoms with E-state index < -0.39 is 26.1 Å². The minimum absolute atomic E-state index is 0.0772. The Hall–Kier alpha value is -3.10. The predicted octanol–water partition coefficient (Wildman–Crippen LogP) is 5.27. The van der Waals surface area contributed by atoms with Gasteiger partial charge in [-0.25, -0.2) is 16.8 Å². The summed E-state index contributed by atoms with van der Waals surface area (Å²) in [5, 5.41) is 0. The number of nitrogens with zero attached hydrogens (tertiary/aromatic N) is 2. The van der Waals surface area contributed by atoms with Gasteiger partial charge in [-0.3, -0.25) is 8.61 Å². The molecular formula is C27H30N2O4S2. The first-order chi connectivity index (χ1) is 16.3. The molecule has 1 heterocycles. The topological polar surface area (TPSA) is 74.8 Å². The first kappa shape index (κ1) is 25.0. The molecule has 1 aliphatic rings. The Balaban J connectivity index is 1.98. The molecule has 6 nitrogen and oxygen atoms in total. The summed E-state index contributed by atoms with van der Waals surface area (Å²) in [5.74, 6) is 0. The number of fused-ring (bicyclic) bond motifs is 1. The van der Waals surface area contributed by atoms with E-state index in [1.54, 1.807) is 67.6 Å². The second-order valence-electron chi connectivity index (χ2n) is 9.25. The van der Waals surface area contributed by atoms with Gasteiger partial charge in [0.25, 0.3) is 20.0 Å². The van der Waals surface area contributed by atoms with Crippen molar-refractivity contribution in [2.75, 3.05) is 15.2 Å². The summed E-state index contributed by atoms with van der Waals surface area (Å²) in [4.78, 5) is 0.302. The molecule has 0 radical (unpaired) electrons. The third-order valence-corrected chi connectivity index (χ3v) is 10.1. The third kappa shape index (κ3) is 4.36. The van der Waals surface area contributed by atoms with Crippen LogP contribution in [0.5, 0.6) is 0 Å². The summed E-state index contributed by atoms with van der Waals surface area (Å²) in [6, 6.07) is 16.1. The molecule has 0 fully saturated rings. The van der Waals surface area contributed by atoms with E-state index in [0.29, 0.717) is 16.9 Å². The standard InChI is InChI=1S/C27H30N2O4S2/c1-18(2)27-17-28(34(30,31)23-11-7-19(3)8-12-23)25-15-21(5)22(6)16-26(25)29(27)35(32,33)24-13-9-20(4)10-14-24/h7-16,27H,1,17H2,2-6H3. The highest BCUT2D eigenvalue weighted by Gasteiger charge is 2.43. The molecule has 0 bridgehead atoms. The lowest BCUT2D eigenvalue weighted by molar-refractivity contribution is 0.570. The summed E-state index contributed by atoms with van der Waals surface area (Å²) >= 11 is 0. The molecule has 3 aromatic carbocycles. The van der Waals surface area contributed by atoms with Crippen LogP contribution in [0.4, 0.5) is 11.4 Å². The molecule has 1 unspecified atom stereocenters. The molecule has 3 aromatic rings. The lowest BCUT2D eigenvalue weighted by atomic mass is 10.0. The van der Waals surface area contributed by atoms with Crippen LogP contribution in [0.2, 0.25) is 0 Å². The molecule has 0 N–H and O–H groups in total. The zero-order valence-electron chi connectivity index (χ0n) is 20.6. The van der Waals surface area contributed by atoms with Crippen LogP contribution in [0.3, 0.4) is 0 Å². The average molecular weight is 511 g/mol. The molecule has 0 amide bonds. The molecule has 35 heavy (non-hydrogen) atoms. The van der Waals surface area contributed by atoms with Crippen molar-refractivity contribution in [1.29, 1.82) is 0 Å². The Morgan fingerprint density at radius 1 is 0.743 bits per heavy atom. The van der Waals surface area contributed by atoms with Gasteiger partial charge >= 0.3 is 0 Å². The highest BCUT2D eigenvalue weighted by atomic mass is 32.2. The van der Waals surface area contributed by atoms with E-state index >= 15 is 0 Å². The number of hydrogen-bond acceptors (Lipinski definition) is 4. The molecule has 1 atom stereocenters. The average Bonchev–Trinajstić information content (AvgIpc) is 2.79. The van der Waals surface area contributed by atoms with Gasteiger partial charge in [-0.15, -0.1) is 0 Å². The van der Waals surface area contributed by atoms with Crippen molar-refractivity contribution >= 4 is 31.4 Å². The molecule has 0 saturated carbocycles. The van der Waals surface area contributed by atoms with Crippen LogP contribution >= 0.6 is 0 Å². The van der Waals surface area contributed by atoms with Gasteiger partial charge in [0.1, 0.15) is 0 Å². The van der Waals surface area contributed by atoms with Crippen LogP contribution in [-0.2, 0) is 20.0 Å². The molecule has 184 valence electrons. The second-order valence-corrected chi connectivity index (χ2v) is 12.9. The number of anilines is 2. The maximum atomic E-state index is 14.0. The lowest BCUT2D eigenvalue weighted by Crippen LogP contribution is -2.53. The minimum Gasteiger partial charge on any atom is -0.262 e. The summed E-state index contributed by atoms with van der Waals surface area (Å²) in [5.41, 5.74) is 4.84. The van der Waals surface area contributed by atoms with Crippen molar-refractivity contribution < 1.29 is 16.8 Å². The predicted molar refractivity (Wildman–Crippen MR) is 141 cm³/mol. The molecule has 0 saturated heterocycles. The fourth-order valence-electron chi connectivity index (χ4n) is 4.20. The van der Waals surface area contributed by atoms with E-state index in [4.69, 9.17) is 0 Å². The second kappa shape index (κ2) is 8.84. The summed E-state index contributed by atoms with van der Waals surface area (Å²) < 4.78 is 58.2. The van der Waals surface area contributed by atoms with E-state index in [9.17, 15) is 16.8 Å². The SMILES string of the molecule is C=C(C)C1CN(S(=O)(=O)c2ccc(C)cc2)c2cc(C)c(C)cc2N1S(=O)(=O)c1ccc(C)cc1. The van der Waals surface area contributed by atoms with Gasteiger partial charge < -0.3 is 0 Å². The van der Waals surface area contributed by atoms with E-state index in [0.717, 1.165) is 22.3 Å². The summed E-state index contributed by atoms with van der Waals surface area (Å²) in [7, 11) is -7.96. The number of aryl methyl sites for hydroxylation is 4. The molecule has 0 aromatic heterocycles. The van der Waals surface area contributed by atoms with Gasteiger partial charge in [-0.2, -0.15) is 0 Å². The van der Waals surface area contributed by atoms with Crippen LogP contribution in [0, 0.1) is 27.7 Å². The van der Waals surface area contributed by atoms with Crippen LogP contribution in [0.1, 0.15) is 29.2 Å². The lowest BCUT2D eigenvalue weighted by Gasteiger charge is -2.43. The van der Waals surface area contributed by atoms with Gasteiger partial charge in [0.05, 0.1) is 33.8 Å². The fourth-order valence-corrected chi connectivity index (χ4v) is 7.37. The van der Waals surface area contributed by atoms with Gasteiger partial charge in [0.15, 0.2) is 0 Å². The van der Waals surface area contributed by atoms with E-state index in [1.807, 2.05) is 27.7 Å². The quantitative estimate of drug-likeness (QED) is 0.438.